The number of methoxy groups -OCH3 is 1. The predicted octanol–water partition coefficient (Wildman–Crippen LogP) is 5.05. The van der Waals surface area contributed by atoms with Crippen LogP contribution in [0.2, 0.25) is 0 Å². The highest BCUT2D eigenvalue weighted by Gasteiger charge is 2.27. The number of carbonyl (C=O) groups excluding carboxylic acids is 2. The molecule has 2 aromatic heterocycles. The van der Waals surface area contributed by atoms with E-state index in [2.05, 4.69) is 10.3 Å². The molecule has 0 aliphatic heterocycles. The second-order valence-corrected chi connectivity index (χ2v) is 9.15. The van der Waals surface area contributed by atoms with Crippen molar-refractivity contribution in [3.05, 3.63) is 78.3 Å². The zero-order valence-corrected chi connectivity index (χ0v) is 19.8. The Kier molecular flexibility index (Phi) is 6.66. The number of esters is 1. The molecule has 1 amide bonds. The van der Waals surface area contributed by atoms with Crippen molar-refractivity contribution in [2.75, 3.05) is 13.7 Å². The van der Waals surface area contributed by atoms with Crippen LogP contribution in [0.5, 0.6) is 0 Å². The molecule has 2 aromatic carbocycles. The summed E-state index contributed by atoms with van der Waals surface area (Å²) in [6.45, 7) is 1.11. The van der Waals surface area contributed by atoms with Crippen molar-refractivity contribution in [3.63, 3.8) is 0 Å². The molecule has 1 N–H and O–H groups in total. The van der Waals surface area contributed by atoms with Crippen molar-refractivity contribution >= 4 is 22.8 Å². The lowest BCUT2D eigenvalue weighted by atomic mass is 9.82. The minimum absolute atomic E-state index is 0.0112. The average molecular weight is 472 g/mol. The maximum absolute atomic E-state index is 13.2. The molecule has 0 bridgehead atoms. The van der Waals surface area contributed by atoms with Gasteiger partial charge in [-0.25, -0.2) is 4.98 Å². The molecule has 0 saturated heterocycles. The van der Waals surface area contributed by atoms with Crippen molar-refractivity contribution < 1.29 is 18.7 Å². The Balaban J connectivity index is 1.28. The first kappa shape index (κ1) is 22.9. The zero-order valence-electron chi connectivity index (χ0n) is 19.8. The van der Waals surface area contributed by atoms with Gasteiger partial charge in [0.05, 0.1) is 36.3 Å². The molecule has 7 nitrogen and oxygen atoms in total. The van der Waals surface area contributed by atoms with Crippen LogP contribution in [0, 0.1) is 11.8 Å². The van der Waals surface area contributed by atoms with Gasteiger partial charge in [-0.1, -0.05) is 30.3 Å². The summed E-state index contributed by atoms with van der Waals surface area (Å²) in [6.07, 6.45) is 7.10. The number of amides is 1. The third-order valence-electron chi connectivity index (χ3n) is 6.87. The molecular formula is C28H29N3O4. The number of aromatic nitrogens is 2. The van der Waals surface area contributed by atoms with Crippen LogP contribution in [0.3, 0.4) is 0 Å². The number of ether oxygens (including phenoxy) is 1. The summed E-state index contributed by atoms with van der Waals surface area (Å²) in [4.78, 5) is 29.6. The van der Waals surface area contributed by atoms with Crippen LogP contribution in [0.1, 0.15) is 41.7 Å². The van der Waals surface area contributed by atoms with Crippen LogP contribution in [-0.2, 0) is 16.1 Å². The van der Waals surface area contributed by atoms with Crippen molar-refractivity contribution in [1.29, 1.82) is 0 Å². The van der Waals surface area contributed by atoms with Gasteiger partial charge in [0, 0.05) is 23.7 Å². The summed E-state index contributed by atoms with van der Waals surface area (Å²) in [5.41, 5.74) is 3.24. The standard InChI is InChI=1S/C28H29N3O4/c1-34-28(33)22-12-10-19(11-13-22)16-29-26(32)24-9-5-8-20-14-15-31(25(20)24)17-23-18-35-27(30-23)21-6-3-2-4-7-21/h2-9,14-15,18-19,22H,10-13,16-17H2,1H3,(H,29,32). The maximum Gasteiger partial charge on any atom is 0.308 e. The van der Waals surface area contributed by atoms with Gasteiger partial charge in [0.1, 0.15) is 6.26 Å². The van der Waals surface area contributed by atoms with Gasteiger partial charge < -0.3 is 19.0 Å². The normalized spacial score (nSPS) is 17.9. The fourth-order valence-electron chi connectivity index (χ4n) is 4.94. The van der Waals surface area contributed by atoms with Crippen LogP contribution < -0.4 is 5.32 Å². The number of fused-ring (bicyclic) bond motifs is 1. The highest BCUT2D eigenvalue weighted by molar-refractivity contribution is 6.06. The van der Waals surface area contributed by atoms with E-state index in [0.29, 0.717) is 30.5 Å². The Morgan fingerprint density at radius 1 is 1.06 bits per heavy atom. The third-order valence-corrected chi connectivity index (χ3v) is 6.87. The second-order valence-electron chi connectivity index (χ2n) is 9.15. The van der Waals surface area contributed by atoms with Crippen LogP contribution in [0.25, 0.3) is 22.4 Å². The summed E-state index contributed by atoms with van der Waals surface area (Å²) in [5, 5.41) is 4.13. The largest absolute Gasteiger partial charge is 0.469 e. The summed E-state index contributed by atoms with van der Waals surface area (Å²) < 4.78 is 12.6. The molecule has 0 unspecified atom stereocenters. The van der Waals surface area contributed by atoms with Crippen LogP contribution in [0.4, 0.5) is 0 Å². The topological polar surface area (TPSA) is 86.4 Å². The Labute approximate surface area is 204 Å². The third kappa shape index (κ3) is 4.99. The number of rotatable bonds is 7. The predicted molar refractivity (Wildman–Crippen MR) is 133 cm³/mol. The maximum atomic E-state index is 13.2. The Morgan fingerprint density at radius 3 is 2.63 bits per heavy atom. The molecule has 2 heterocycles. The Hall–Kier alpha value is -3.87. The lowest BCUT2D eigenvalue weighted by Crippen LogP contribution is -2.33. The summed E-state index contributed by atoms with van der Waals surface area (Å²) >= 11 is 0. The zero-order chi connectivity index (χ0) is 24.2. The molecule has 35 heavy (non-hydrogen) atoms. The van der Waals surface area contributed by atoms with Crippen molar-refractivity contribution in [1.82, 2.24) is 14.9 Å². The van der Waals surface area contributed by atoms with E-state index in [-0.39, 0.29) is 17.8 Å². The number of hydrogen-bond donors (Lipinski definition) is 1. The van der Waals surface area contributed by atoms with Gasteiger partial charge in [-0.15, -0.1) is 0 Å². The van der Waals surface area contributed by atoms with Gasteiger partial charge in [-0.3, -0.25) is 9.59 Å². The van der Waals surface area contributed by atoms with Crippen molar-refractivity contribution in [3.8, 4) is 11.5 Å². The number of nitrogens with zero attached hydrogens (tertiary/aromatic N) is 2. The summed E-state index contributed by atoms with van der Waals surface area (Å²) in [6, 6.07) is 17.6. The van der Waals surface area contributed by atoms with Gasteiger partial charge in [-0.05, 0) is 55.9 Å². The molecule has 0 spiro atoms. The number of carbonyl (C=O) groups is 2. The van der Waals surface area contributed by atoms with Gasteiger partial charge in [0.2, 0.25) is 5.89 Å². The lowest BCUT2D eigenvalue weighted by molar-refractivity contribution is -0.146. The van der Waals surface area contributed by atoms with Crippen LogP contribution >= 0.6 is 0 Å². The quantitative estimate of drug-likeness (QED) is 0.381. The molecule has 1 fully saturated rings. The first-order valence-corrected chi connectivity index (χ1v) is 12.1. The number of nitrogens with one attached hydrogen (secondary N) is 1. The molecule has 1 saturated carbocycles. The monoisotopic (exact) mass is 471 g/mol. The fourth-order valence-corrected chi connectivity index (χ4v) is 4.94. The van der Waals surface area contributed by atoms with Gasteiger partial charge in [0.25, 0.3) is 5.91 Å². The summed E-state index contributed by atoms with van der Waals surface area (Å²) in [7, 11) is 1.44. The number of oxazole rings is 1. The molecule has 0 atom stereocenters. The highest BCUT2D eigenvalue weighted by Crippen LogP contribution is 2.29. The average Bonchev–Trinajstić information content (AvgIpc) is 3.55. The minimum Gasteiger partial charge on any atom is -0.469 e. The fraction of sp³-hybridized carbons (Fsp3) is 0.321. The smallest absolute Gasteiger partial charge is 0.308 e. The van der Waals surface area contributed by atoms with Gasteiger partial charge >= 0.3 is 5.97 Å². The molecule has 1 aliphatic carbocycles. The van der Waals surface area contributed by atoms with Crippen LogP contribution in [-0.4, -0.2) is 35.1 Å². The van der Waals surface area contributed by atoms with E-state index in [1.54, 1.807) is 6.26 Å². The molecule has 0 radical (unpaired) electrons. The highest BCUT2D eigenvalue weighted by atomic mass is 16.5. The van der Waals surface area contributed by atoms with Gasteiger partial charge in [-0.2, -0.15) is 0 Å². The van der Waals surface area contributed by atoms with E-state index in [0.717, 1.165) is 47.8 Å². The van der Waals surface area contributed by atoms with E-state index in [4.69, 9.17) is 9.15 Å². The Bertz CT molecular complexity index is 1320. The number of benzene rings is 2. The number of hydrogen-bond acceptors (Lipinski definition) is 5. The number of para-hydroxylation sites is 1. The second kappa shape index (κ2) is 10.2. The molecule has 5 rings (SSSR count). The van der Waals surface area contributed by atoms with Crippen molar-refractivity contribution in [2.24, 2.45) is 11.8 Å². The molecule has 180 valence electrons. The van der Waals surface area contributed by atoms with E-state index in [9.17, 15) is 9.59 Å². The van der Waals surface area contributed by atoms with E-state index < -0.39 is 0 Å². The van der Waals surface area contributed by atoms with E-state index in [1.165, 1.54) is 7.11 Å². The SMILES string of the molecule is COC(=O)C1CCC(CNC(=O)c2cccc3ccn(Cc4coc(-c5ccccc5)n4)c23)CC1. The first-order chi connectivity index (χ1) is 17.1. The summed E-state index contributed by atoms with van der Waals surface area (Å²) in [5.74, 6) is 0.732. The van der Waals surface area contributed by atoms with Gasteiger partial charge in [0.15, 0.2) is 0 Å². The molecule has 7 heteroatoms. The molecular weight excluding hydrogens is 442 g/mol. The van der Waals surface area contributed by atoms with Crippen molar-refractivity contribution in [2.45, 2.75) is 32.2 Å². The van der Waals surface area contributed by atoms with Crippen LogP contribution in [0.15, 0.2) is 71.5 Å². The van der Waals surface area contributed by atoms with E-state index in [1.807, 2.05) is 65.4 Å². The Morgan fingerprint density at radius 2 is 1.86 bits per heavy atom. The molecule has 4 aromatic rings. The van der Waals surface area contributed by atoms with E-state index >= 15 is 0 Å². The lowest BCUT2D eigenvalue weighted by Gasteiger charge is -2.27. The molecule has 1 aliphatic rings. The minimum atomic E-state index is -0.122. The first-order valence-electron chi connectivity index (χ1n) is 12.1.